The zero-order chi connectivity index (χ0) is 16.6. The summed E-state index contributed by atoms with van der Waals surface area (Å²) < 4.78 is 21.8. The number of benzene rings is 1. The SMILES string of the molecule is COC(=O)C[C@@](/C=C\F)(NC(=O)c1ccccc1)C(=O)OC. The van der Waals surface area contributed by atoms with Crippen molar-refractivity contribution in [1.82, 2.24) is 5.32 Å². The minimum Gasteiger partial charge on any atom is -0.469 e. The Morgan fingerprint density at radius 1 is 1.18 bits per heavy atom. The molecule has 0 aliphatic rings. The first kappa shape index (κ1) is 17.4. The van der Waals surface area contributed by atoms with E-state index in [-0.39, 0.29) is 11.9 Å². The van der Waals surface area contributed by atoms with Crippen LogP contribution in [0.5, 0.6) is 0 Å². The molecule has 0 fully saturated rings. The third-order valence-corrected chi connectivity index (χ3v) is 2.92. The highest BCUT2D eigenvalue weighted by Gasteiger charge is 2.42. The van der Waals surface area contributed by atoms with Crippen molar-refractivity contribution in [2.45, 2.75) is 12.0 Å². The van der Waals surface area contributed by atoms with E-state index >= 15 is 0 Å². The minimum absolute atomic E-state index is 0.0606. The van der Waals surface area contributed by atoms with Gasteiger partial charge in [0.1, 0.15) is 0 Å². The van der Waals surface area contributed by atoms with E-state index in [0.717, 1.165) is 20.3 Å². The van der Waals surface area contributed by atoms with Crippen molar-refractivity contribution in [3.8, 4) is 0 Å². The number of nitrogens with one attached hydrogen (secondary N) is 1. The zero-order valence-corrected chi connectivity index (χ0v) is 12.2. The Kier molecular flexibility index (Phi) is 6.25. The number of hydrogen-bond acceptors (Lipinski definition) is 5. The number of carbonyl (C=O) groups excluding carboxylic acids is 3. The first-order chi connectivity index (χ1) is 10.5. The Hall–Kier alpha value is -2.70. The second-order valence-corrected chi connectivity index (χ2v) is 4.33. The molecule has 7 heteroatoms. The van der Waals surface area contributed by atoms with Crippen molar-refractivity contribution in [2.24, 2.45) is 0 Å². The molecule has 1 N–H and O–H groups in total. The van der Waals surface area contributed by atoms with Crippen molar-refractivity contribution in [2.75, 3.05) is 14.2 Å². The summed E-state index contributed by atoms with van der Waals surface area (Å²) >= 11 is 0. The van der Waals surface area contributed by atoms with Crippen molar-refractivity contribution in [3.63, 3.8) is 0 Å². The molecule has 0 heterocycles. The fraction of sp³-hybridized carbons (Fsp3) is 0.267. The second-order valence-electron chi connectivity index (χ2n) is 4.33. The maximum absolute atomic E-state index is 12.7. The molecule has 0 aliphatic carbocycles. The molecule has 0 spiro atoms. The molecule has 22 heavy (non-hydrogen) atoms. The summed E-state index contributed by atoms with van der Waals surface area (Å²) in [5, 5.41) is 2.32. The highest BCUT2D eigenvalue weighted by Crippen LogP contribution is 2.18. The molecule has 0 aliphatic heterocycles. The molecule has 0 radical (unpaired) electrons. The van der Waals surface area contributed by atoms with E-state index in [1.54, 1.807) is 18.2 Å². The number of hydrogen-bond donors (Lipinski definition) is 1. The van der Waals surface area contributed by atoms with Crippen molar-refractivity contribution in [1.29, 1.82) is 0 Å². The van der Waals surface area contributed by atoms with Gasteiger partial charge in [-0.2, -0.15) is 0 Å². The van der Waals surface area contributed by atoms with E-state index < -0.39 is 29.8 Å². The van der Waals surface area contributed by atoms with E-state index in [0.29, 0.717) is 0 Å². The first-order valence-corrected chi connectivity index (χ1v) is 6.30. The normalized spacial score (nSPS) is 13.2. The Labute approximate surface area is 126 Å². The van der Waals surface area contributed by atoms with Crippen LogP contribution in [0.15, 0.2) is 42.7 Å². The number of methoxy groups -OCH3 is 2. The molecule has 1 amide bonds. The molecule has 1 aromatic rings. The number of ether oxygens (including phenoxy) is 2. The molecular weight excluding hydrogens is 293 g/mol. The summed E-state index contributed by atoms with van der Waals surface area (Å²) in [6.07, 6.45) is 0.205. The number of rotatable bonds is 6. The van der Waals surface area contributed by atoms with Gasteiger partial charge in [0.15, 0.2) is 5.54 Å². The monoisotopic (exact) mass is 309 g/mol. The fourth-order valence-electron chi connectivity index (χ4n) is 1.79. The highest BCUT2D eigenvalue weighted by atomic mass is 19.1. The molecule has 0 saturated carbocycles. The average molecular weight is 309 g/mol. The maximum Gasteiger partial charge on any atom is 0.336 e. The van der Waals surface area contributed by atoms with Gasteiger partial charge in [-0.15, -0.1) is 0 Å². The standard InChI is InChI=1S/C15H16FNO5/c1-21-12(18)10-15(8-9-16,14(20)22-2)17-13(19)11-6-4-3-5-7-11/h3-9H,10H2,1-2H3,(H,17,19)/b9-8-/t15-/m1/s1. The van der Waals surface area contributed by atoms with Crippen molar-refractivity contribution >= 4 is 17.8 Å². The van der Waals surface area contributed by atoms with Crippen LogP contribution in [0, 0.1) is 0 Å². The zero-order valence-electron chi connectivity index (χ0n) is 12.2. The fourth-order valence-corrected chi connectivity index (χ4v) is 1.79. The van der Waals surface area contributed by atoms with Gasteiger partial charge in [0.25, 0.3) is 5.91 Å². The van der Waals surface area contributed by atoms with Crippen LogP contribution in [0.4, 0.5) is 4.39 Å². The molecule has 0 saturated heterocycles. The summed E-state index contributed by atoms with van der Waals surface area (Å²) in [6.45, 7) is 0. The van der Waals surface area contributed by atoms with Crippen LogP contribution in [-0.2, 0) is 19.1 Å². The Balaban J connectivity index is 3.15. The van der Waals surface area contributed by atoms with Crippen LogP contribution >= 0.6 is 0 Å². The van der Waals surface area contributed by atoms with Gasteiger partial charge in [-0.1, -0.05) is 18.2 Å². The Morgan fingerprint density at radius 3 is 2.32 bits per heavy atom. The Bertz CT molecular complexity index is 573. The molecule has 1 atom stereocenters. The molecule has 0 aromatic heterocycles. The van der Waals surface area contributed by atoms with Crippen LogP contribution in [0.2, 0.25) is 0 Å². The largest absolute Gasteiger partial charge is 0.469 e. The number of carbonyl (C=O) groups is 3. The van der Waals surface area contributed by atoms with Gasteiger partial charge >= 0.3 is 11.9 Å². The summed E-state index contributed by atoms with van der Waals surface area (Å²) in [5.41, 5.74) is -1.74. The predicted octanol–water partition coefficient (Wildman–Crippen LogP) is 1.37. The Morgan fingerprint density at radius 2 is 1.82 bits per heavy atom. The van der Waals surface area contributed by atoms with Crippen LogP contribution in [-0.4, -0.2) is 37.6 Å². The van der Waals surface area contributed by atoms with E-state index in [1.807, 2.05) is 0 Å². The van der Waals surface area contributed by atoms with Gasteiger partial charge in [0, 0.05) is 5.56 Å². The summed E-state index contributed by atoms with van der Waals surface area (Å²) in [4.78, 5) is 35.7. The molecule has 1 rings (SSSR count). The van der Waals surface area contributed by atoms with E-state index in [4.69, 9.17) is 0 Å². The van der Waals surface area contributed by atoms with Crippen LogP contribution < -0.4 is 5.32 Å². The topological polar surface area (TPSA) is 81.7 Å². The lowest BCUT2D eigenvalue weighted by molar-refractivity contribution is -0.152. The minimum atomic E-state index is -1.98. The lowest BCUT2D eigenvalue weighted by Gasteiger charge is -2.27. The molecular formula is C15H16FNO5. The lowest BCUT2D eigenvalue weighted by atomic mass is 9.94. The molecule has 0 bridgehead atoms. The van der Waals surface area contributed by atoms with Gasteiger partial charge in [-0.05, 0) is 18.2 Å². The number of halogens is 1. The van der Waals surface area contributed by atoms with E-state index in [9.17, 15) is 18.8 Å². The van der Waals surface area contributed by atoms with Crippen LogP contribution in [0.3, 0.4) is 0 Å². The smallest absolute Gasteiger partial charge is 0.336 e. The third kappa shape index (κ3) is 4.15. The van der Waals surface area contributed by atoms with Gasteiger partial charge < -0.3 is 14.8 Å². The van der Waals surface area contributed by atoms with E-state index in [1.165, 1.54) is 12.1 Å². The van der Waals surface area contributed by atoms with Gasteiger partial charge in [-0.25, -0.2) is 9.18 Å². The predicted molar refractivity (Wildman–Crippen MR) is 75.5 cm³/mol. The summed E-state index contributed by atoms with van der Waals surface area (Å²) in [7, 11) is 2.18. The second kappa shape index (κ2) is 7.92. The molecule has 0 unspecified atom stereocenters. The molecule has 118 valence electrons. The van der Waals surface area contributed by atoms with Crippen molar-refractivity contribution in [3.05, 3.63) is 48.3 Å². The summed E-state index contributed by atoms with van der Waals surface area (Å²) in [5.74, 6) is -2.46. The highest BCUT2D eigenvalue weighted by molar-refractivity contribution is 6.00. The number of amides is 1. The quantitative estimate of drug-likeness (QED) is 0.803. The van der Waals surface area contributed by atoms with Gasteiger partial charge in [0.05, 0.1) is 27.0 Å². The van der Waals surface area contributed by atoms with Gasteiger partial charge in [0.2, 0.25) is 0 Å². The number of esters is 2. The average Bonchev–Trinajstić information content (AvgIpc) is 2.54. The summed E-state index contributed by atoms with van der Waals surface area (Å²) in [6, 6.07) is 7.98. The van der Waals surface area contributed by atoms with Crippen LogP contribution in [0.1, 0.15) is 16.8 Å². The third-order valence-electron chi connectivity index (χ3n) is 2.92. The maximum atomic E-state index is 12.7. The van der Waals surface area contributed by atoms with Crippen molar-refractivity contribution < 1.29 is 28.2 Å². The van der Waals surface area contributed by atoms with E-state index in [2.05, 4.69) is 14.8 Å². The van der Waals surface area contributed by atoms with Crippen LogP contribution in [0.25, 0.3) is 0 Å². The molecule has 1 aromatic carbocycles. The lowest BCUT2D eigenvalue weighted by Crippen LogP contribution is -2.55. The first-order valence-electron chi connectivity index (χ1n) is 6.30. The molecule has 6 nitrogen and oxygen atoms in total. The van der Waals surface area contributed by atoms with Gasteiger partial charge in [-0.3, -0.25) is 9.59 Å².